The van der Waals surface area contributed by atoms with Crippen molar-refractivity contribution < 1.29 is 18.0 Å². The molecule has 11 heteroatoms. The van der Waals surface area contributed by atoms with Crippen LogP contribution in [0.5, 0.6) is 0 Å². The Balaban J connectivity index is 1.29. The van der Waals surface area contributed by atoms with Gasteiger partial charge in [-0.15, -0.1) is 11.3 Å². The van der Waals surface area contributed by atoms with Crippen molar-refractivity contribution in [3.63, 3.8) is 0 Å². The summed E-state index contributed by atoms with van der Waals surface area (Å²) in [5.74, 6) is 0. The number of fused-ring (bicyclic) bond motifs is 1. The Morgan fingerprint density at radius 3 is 2.47 bits per heavy atom. The van der Waals surface area contributed by atoms with Gasteiger partial charge in [-0.2, -0.15) is 13.2 Å². The molecule has 0 bridgehead atoms. The van der Waals surface area contributed by atoms with Crippen molar-refractivity contribution in [1.82, 2.24) is 19.2 Å². The lowest BCUT2D eigenvalue weighted by Crippen LogP contribution is -2.49. The van der Waals surface area contributed by atoms with Gasteiger partial charge in [-0.05, 0) is 31.2 Å². The number of carbonyl (C=O) groups excluding carboxylic acids is 1. The van der Waals surface area contributed by atoms with Crippen LogP contribution in [0.3, 0.4) is 0 Å². The first-order valence-electron chi connectivity index (χ1n) is 11.4. The highest BCUT2D eigenvalue weighted by atomic mass is 35.5. The second-order valence-electron chi connectivity index (χ2n) is 8.65. The minimum atomic E-state index is -4.54. The number of urea groups is 1. The minimum absolute atomic E-state index is 0.237. The molecule has 0 unspecified atom stereocenters. The van der Waals surface area contributed by atoms with E-state index in [1.165, 1.54) is 18.2 Å². The van der Waals surface area contributed by atoms with E-state index < -0.39 is 17.8 Å². The molecule has 0 atom stereocenters. The smallest absolute Gasteiger partial charge is 0.322 e. The van der Waals surface area contributed by atoms with Gasteiger partial charge in [-0.1, -0.05) is 35.9 Å². The van der Waals surface area contributed by atoms with Crippen LogP contribution in [0.25, 0.3) is 16.2 Å². The van der Waals surface area contributed by atoms with Crippen molar-refractivity contribution in [3.05, 3.63) is 75.9 Å². The van der Waals surface area contributed by atoms with Gasteiger partial charge >= 0.3 is 12.2 Å². The van der Waals surface area contributed by atoms with E-state index in [0.717, 1.165) is 32.9 Å². The first kappa shape index (κ1) is 24.6. The number of alkyl halides is 3. The van der Waals surface area contributed by atoms with Gasteiger partial charge in [0.15, 0.2) is 4.96 Å². The topological polar surface area (TPSA) is 52.9 Å². The van der Waals surface area contributed by atoms with Gasteiger partial charge in [0.05, 0.1) is 22.6 Å². The second kappa shape index (κ2) is 9.76. The molecule has 36 heavy (non-hydrogen) atoms. The first-order valence-corrected chi connectivity index (χ1v) is 12.6. The molecule has 2 amide bonds. The summed E-state index contributed by atoms with van der Waals surface area (Å²) in [5.41, 5.74) is 1.82. The number of aromatic nitrogens is 2. The molecule has 0 aliphatic carbocycles. The quantitative estimate of drug-likeness (QED) is 0.330. The standard InChI is InChI=1S/C25H23ClF3N5OS/c1-16-14-34-21(22(31-24(34)36-16)17-6-8-18(26)9-7-17)15-32-10-12-33(13-11-32)23(35)30-20-5-3-2-4-19(20)25(27,28)29/h2-9,14H,10-13,15H2,1H3,(H,30,35). The normalized spacial score (nSPS) is 15.0. The number of aryl methyl sites for hydroxylation is 1. The maximum atomic E-state index is 13.3. The number of hydrogen-bond acceptors (Lipinski definition) is 4. The highest BCUT2D eigenvalue weighted by Gasteiger charge is 2.34. The van der Waals surface area contributed by atoms with Gasteiger partial charge in [-0.3, -0.25) is 9.30 Å². The highest BCUT2D eigenvalue weighted by Crippen LogP contribution is 2.35. The maximum Gasteiger partial charge on any atom is 0.418 e. The fraction of sp³-hybridized carbons (Fsp3) is 0.280. The predicted molar refractivity (Wildman–Crippen MR) is 136 cm³/mol. The molecule has 3 heterocycles. The van der Waals surface area contributed by atoms with Crippen LogP contribution in [0.15, 0.2) is 54.7 Å². The Morgan fingerprint density at radius 2 is 1.78 bits per heavy atom. The maximum absolute atomic E-state index is 13.3. The van der Waals surface area contributed by atoms with Gasteiger partial charge in [0.2, 0.25) is 0 Å². The van der Waals surface area contributed by atoms with Gasteiger partial charge in [0.1, 0.15) is 0 Å². The van der Waals surface area contributed by atoms with E-state index >= 15 is 0 Å². The molecule has 1 aliphatic rings. The molecule has 0 radical (unpaired) electrons. The van der Waals surface area contributed by atoms with Crippen LogP contribution in [0.2, 0.25) is 5.02 Å². The second-order valence-corrected chi connectivity index (χ2v) is 10.3. The van der Waals surface area contributed by atoms with Crippen LogP contribution in [-0.2, 0) is 12.7 Å². The third kappa shape index (κ3) is 5.07. The van der Waals surface area contributed by atoms with Crippen molar-refractivity contribution in [2.75, 3.05) is 31.5 Å². The zero-order valence-corrected chi connectivity index (χ0v) is 20.9. The van der Waals surface area contributed by atoms with E-state index in [1.54, 1.807) is 16.2 Å². The monoisotopic (exact) mass is 533 g/mol. The number of carbonyl (C=O) groups is 1. The largest absolute Gasteiger partial charge is 0.418 e. The summed E-state index contributed by atoms with van der Waals surface area (Å²) in [5, 5.41) is 3.09. The fourth-order valence-corrected chi connectivity index (χ4v) is 5.32. The number of piperazine rings is 1. The third-order valence-electron chi connectivity index (χ3n) is 6.17. The van der Waals surface area contributed by atoms with Crippen LogP contribution in [0.1, 0.15) is 16.1 Å². The molecule has 2 aromatic heterocycles. The van der Waals surface area contributed by atoms with Crippen LogP contribution >= 0.6 is 22.9 Å². The lowest BCUT2D eigenvalue weighted by Gasteiger charge is -2.34. The molecule has 4 aromatic rings. The average molecular weight is 534 g/mol. The van der Waals surface area contributed by atoms with E-state index in [4.69, 9.17) is 16.6 Å². The van der Waals surface area contributed by atoms with Crippen molar-refractivity contribution in [2.24, 2.45) is 0 Å². The Morgan fingerprint density at radius 1 is 1.08 bits per heavy atom. The minimum Gasteiger partial charge on any atom is -0.322 e. The Bertz CT molecular complexity index is 1390. The molecular formula is C25H23ClF3N5OS. The summed E-state index contributed by atoms with van der Waals surface area (Å²) in [6.07, 6.45) is -2.47. The molecule has 1 fully saturated rings. The van der Waals surface area contributed by atoms with Crippen LogP contribution in [0, 0.1) is 6.92 Å². The van der Waals surface area contributed by atoms with Gasteiger partial charge in [0.25, 0.3) is 0 Å². The van der Waals surface area contributed by atoms with Crippen LogP contribution < -0.4 is 5.32 Å². The van der Waals surface area contributed by atoms with Crippen LogP contribution in [0.4, 0.5) is 23.7 Å². The van der Waals surface area contributed by atoms with Crippen molar-refractivity contribution >= 4 is 39.6 Å². The first-order chi connectivity index (χ1) is 17.2. The van der Waals surface area contributed by atoms with Gasteiger partial charge in [0, 0.05) is 54.4 Å². The summed E-state index contributed by atoms with van der Waals surface area (Å²) in [7, 11) is 0. The Hall–Kier alpha value is -3.08. The molecule has 1 saturated heterocycles. The lowest BCUT2D eigenvalue weighted by atomic mass is 10.1. The zero-order valence-electron chi connectivity index (χ0n) is 19.3. The number of benzene rings is 2. The van der Waals surface area contributed by atoms with Crippen LogP contribution in [-0.4, -0.2) is 51.4 Å². The summed E-state index contributed by atoms with van der Waals surface area (Å²) in [6.45, 7) is 4.65. The van der Waals surface area contributed by atoms with E-state index in [0.29, 0.717) is 37.7 Å². The molecule has 2 aromatic carbocycles. The number of nitrogens with one attached hydrogen (secondary N) is 1. The SMILES string of the molecule is Cc1cn2c(CN3CCN(C(=O)Nc4ccccc4C(F)(F)F)CC3)c(-c3ccc(Cl)cc3)nc2s1. The van der Waals surface area contributed by atoms with E-state index in [2.05, 4.69) is 20.8 Å². The number of para-hydroxylation sites is 1. The molecule has 0 spiro atoms. The number of nitrogens with zero attached hydrogens (tertiary/aromatic N) is 4. The number of halogens is 4. The van der Waals surface area contributed by atoms with E-state index in [9.17, 15) is 18.0 Å². The van der Waals surface area contributed by atoms with Crippen molar-refractivity contribution in [1.29, 1.82) is 0 Å². The van der Waals surface area contributed by atoms with Crippen molar-refractivity contribution in [2.45, 2.75) is 19.6 Å². The highest BCUT2D eigenvalue weighted by molar-refractivity contribution is 7.17. The average Bonchev–Trinajstić information content (AvgIpc) is 3.36. The number of amides is 2. The molecule has 1 aliphatic heterocycles. The number of anilines is 1. The molecule has 0 saturated carbocycles. The molecule has 1 N–H and O–H groups in total. The summed E-state index contributed by atoms with van der Waals surface area (Å²) in [6, 6.07) is 12.1. The summed E-state index contributed by atoms with van der Waals surface area (Å²) in [4.78, 5) is 23.4. The predicted octanol–water partition coefficient (Wildman–Crippen LogP) is 6.39. The summed E-state index contributed by atoms with van der Waals surface area (Å²) < 4.78 is 41.9. The van der Waals surface area contributed by atoms with Crippen molar-refractivity contribution in [3.8, 4) is 11.3 Å². The Kier molecular flexibility index (Phi) is 6.67. The fourth-order valence-electron chi connectivity index (χ4n) is 4.35. The molecule has 5 rings (SSSR count). The van der Waals surface area contributed by atoms with Gasteiger partial charge in [-0.25, -0.2) is 9.78 Å². The lowest BCUT2D eigenvalue weighted by molar-refractivity contribution is -0.136. The summed E-state index contributed by atoms with van der Waals surface area (Å²) >= 11 is 7.69. The Labute approximate surface area is 214 Å². The molecular weight excluding hydrogens is 511 g/mol. The van der Waals surface area contributed by atoms with Gasteiger partial charge < -0.3 is 10.2 Å². The van der Waals surface area contributed by atoms with E-state index in [1.807, 2.05) is 31.2 Å². The number of thiazole rings is 1. The zero-order chi connectivity index (χ0) is 25.4. The molecule has 6 nitrogen and oxygen atoms in total. The third-order valence-corrected chi connectivity index (χ3v) is 7.32. The number of hydrogen-bond donors (Lipinski definition) is 1. The number of rotatable bonds is 4. The number of imidazole rings is 1. The molecule has 188 valence electrons. The van der Waals surface area contributed by atoms with E-state index in [-0.39, 0.29) is 5.69 Å².